The van der Waals surface area contributed by atoms with Crippen LogP contribution in [0.4, 0.5) is 26.3 Å². The van der Waals surface area contributed by atoms with Crippen LogP contribution in [0.15, 0.2) is 0 Å². The van der Waals surface area contributed by atoms with Crippen LogP contribution in [0.5, 0.6) is 0 Å². The van der Waals surface area contributed by atoms with E-state index in [1.54, 1.807) is 0 Å². The Morgan fingerprint density at radius 1 is 1.20 bits per heavy atom. The van der Waals surface area contributed by atoms with E-state index in [0.29, 0.717) is 0 Å². The summed E-state index contributed by atoms with van der Waals surface area (Å²) in [5.41, 5.74) is 0. The molecule has 0 fully saturated rings. The molecular weight excluding hydrogens is 343 g/mol. The molecule has 0 aliphatic heterocycles. The molecule has 0 aliphatic rings. The van der Waals surface area contributed by atoms with Crippen molar-refractivity contribution in [2.24, 2.45) is 0 Å². The average molecular weight is 349 g/mol. The van der Waals surface area contributed by atoms with Crippen molar-refractivity contribution < 1.29 is 31.1 Å². The Morgan fingerprint density at radius 3 is 1.87 bits per heavy atom. The van der Waals surface area contributed by atoms with E-state index >= 15 is 0 Å². The van der Waals surface area contributed by atoms with Gasteiger partial charge in [0.2, 0.25) is 0 Å². The molecule has 90 valence electrons. The minimum atomic E-state index is -5.74. The van der Waals surface area contributed by atoms with Gasteiger partial charge in [-0.25, -0.2) is 0 Å². The van der Waals surface area contributed by atoms with Crippen molar-refractivity contribution in [3.8, 4) is 0 Å². The lowest BCUT2D eigenvalue weighted by Crippen LogP contribution is -2.58. The van der Waals surface area contributed by atoms with E-state index in [0.717, 1.165) is 0 Å². The zero-order chi connectivity index (χ0) is 12.5. The van der Waals surface area contributed by atoms with Crippen molar-refractivity contribution in [3.05, 3.63) is 0 Å². The molecule has 0 saturated carbocycles. The molecule has 0 aromatic heterocycles. The number of hydrogen-bond acceptors (Lipinski definition) is 1. The number of amides is 1. The Balaban J connectivity index is 5.10. The SMILES string of the molecule is CCNC(=O)C(F)(F)C(F)(F)C(F)(F)I. The summed E-state index contributed by atoms with van der Waals surface area (Å²) in [6.07, 6.45) is 0. The van der Waals surface area contributed by atoms with Gasteiger partial charge in [0.15, 0.2) is 0 Å². The maximum Gasteiger partial charge on any atom is 0.393 e. The fourth-order valence-corrected chi connectivity index (χ4v) is 0.931. The molecule has 0 rings (SSSR count). The van der Waals surface area contributed by atoms with E-state index in [4.69, 9.17) is 0 Å². The zero-order valence-corrected chi connectivity index (χ0v) is 9.42. The number of carbonyl (C=O) groups excluding carboxylic acids is 1. The summed E-state index contributed by atoms with van der Waals surface area (Å²) in [7, 11) is 0. The topological polar surface area (TPSA) is 29.1 Å². The van der Waals surface area contributed by atoms with Crippen LogP contribution >= 0.6 is 22.6 Å². The van der Waals surface area contributed by atoms with Gasteiger partial charge in [0, 0.05) is 29.1 Å². The third kappa shape index (κ3) is 2.67. The fourth-order valence-electron chi connectivity index (χ4n) is 0.592. The first-order valence-corrected chi connectivity index (χ1v) is 4.67. The molecule has 0 saturated heterocycles. The van der Waals surface area contributed by atoms with Crippen LogP contribution in [-0.2, 0) is 4.79 Å². The van der Waals surface area contributed by atoms with E-state index < -0.39 is 21.7 Å². The Labute approximate surface area is 94.5 Å². The van der Waals surface area contributed by atoms with Crippen molar-refractivity contribution in [1.82, 2.24) is 5.32 Å². The zero-order valence-electron chi connectivity index (χ0n) is 7.26. The van der Waals surface area contributed by atoms with Crippen LogP contribution in [-0.4, -0.2) is 28.2 Å². The molecule has 0 bridgehead atoms. The second kappa shape index (κ2) is 4.34. The maximum atomic E-state index is 12.6. The maximum absolute atomic E-state index is 12.6. The van der Waals surface area contributed by atoms with Gasteiger partial charge in [-0.1, -0.05) is 0 Å². The average Bonchev–Trinajstić information content (AvgIpc) is 2.02. The highest BCUT2D eigenvalue weighted by Crippen LogP contribution is 2.49. The van der Waals surface area contributed by atoms with Crippen molar-refractivity contribution >= 4 is 28.5 Å². The highest BCUT2D eigenvalue weighted by molar-refractivity contribution is 14.1. The lowest BCUT2D eigenvalue weighted by molar-refractivity contribution is -0.260. The van der Waals surface area contributed by atoms with E-state index in [-0.39, 0.29) is 29.1 Å². The van der Waals surface area contributed by atoms with Gasteiger partial charge in [0.05, 0.1) is 0 Å². The van der Waals surface area contributed by atoms with Crippen LogP contribution in [0.25, 0.3) is 0 Å². The van der Waals surface area contributed by atoms with E-state index in [2.05, 4.69) is 0 Å². The predicted octanol–water partition coefficient (Wildman–Crippen LogP) is 2.42. The van der Waals surface area contributed by atoms with Gasteiger partial charge in [-0.2, -0.15) is 26.3 Å². The fraction of sp³-hybridized carbons (Fsp3) is 0.833. The van der Waals surface area contributed by atoms with Gasteiger partial charge in [0.25, 0.3) is 5.91 Å². The van der Waals surface area contributed by atoms with Crippen LogP contribution < -0.4 is 5.32 Å². The lowest BCUT2D eigenvalue weighted by atomic mass is 10.1. The van der Waals surface area contributed by atoms with Gasteiger partial charge in [-0.05, 0) is 6.92 Å². The van der Waals surface area contributed by atoms with Gasteiger partial charge >= 0.3 is 15.8 Å². The quantitative estimate of drug-likeness (QED) is 0.472. The van der Waals surface area contributed by atoms with Crippen molar-refractivity contribution in [3.63, 3.8) is 0 Å². The number of rotatable bonds is 4. The number of nitrogens with one attached hydrogen (secondary N) is 1. The van der Waals surface area contributed by atoms with Crippen LogP contribution in [0.1, 0.15) is 6.92 Å². The molecule has 0 aromatic carbocycles. The molecule has 0 aliphatic carbocycles. The summed E-state index contributed by atoms with van der Waals surface area (Å²) in [5, 5.41) is 1.36. The molecule has 2 nitrogen and oxygen atoms in total. The first kappa shape index (κ1) is 14.8. The Kier molecular flexibility index (Phi) is 4.27. The molecule has 15 heavy (non-hydrogen) atoms. The van der Waals surface area contributed by atoms with Crippen LogP contribution in [0.3, 0.4) is 0 Å². The normalized spacial score (nSPS) is 13.9. The van der Waals surface area contributed by atoms with Gasteiger partial charge in [-0.15, -0.1) is 0 Å². The molecule has 0 heterocycles. The lowest BCUT2D eigenvalue weighted by Gasteiger charge is -2.28. The van der Waals surface area contributed by atoms with E-state index in [9.17, 15) is 31.1 Å². The monoisotopic (exact) mass is 349 g/mol. The van der Waals surface area contributed by atoms with Crippen molar-refractivity contribution in [2.45, 2.75) is 22.7 Å². The van der Waals surface area contributed by atoms with Gasteiger partial charge in [0.1, 0.15) is 0 Å². The number of hydrogen-bond donors (Lipinski definition) is 1. The minimum absolute atomic E-state index is 0.137. The molecule has 0 spiro atoms. The van der Waals surface area contributed by atoms with Gasteiger partial charge < -0.3 is 5.32 Å². The Hall–Kier alpha value is -0.220. The number of alkyl halides is 7. The standard InChI is InChI=1S/C6H6F6INO/c1-2-14-3(15)4(7,8)5(9,10)6(11,12)13/h2H2,1H3,(H,14,15). The van der Waals surface area contributed by atoms with E-state index in [1.807, 2.05) is 0 Å². The Morgan fingerprint density at radius 2 is 1.60 bits per heavy atom. The molecule has 1 amide bonds. The number of halogens is 7. The van der Waals surface area contributed by atoms with Crippen LogP contribution in [0.2, 0.25) is 0 Å². The summed E-state index contributed by atoms with van der Waals surface area (Å²) in [6, 6.07) is 0. The van der Waals surface area contributed by atoms with Gasteiger partial charge in [-0.3, -0.25) is 4.79 Å². The predicted molar refractivity (Wildman–Crippen MR) is 47.5 cm³/mol. The molecule has 0 unspecified atom stereocenters. The summed E-state index contributed by atoms with van der Waals surface area (Å²) in [4.78, 5) is 10.5. The second-order valence-corrected chi connectivity index (χ2v) is 3.86. The van der Waals surface area contributed by atoms with E-state index in [1.165, 1.54) is 12.2 Å². The van der Waals surface area contributed by atoms with Crippen molar-refractivity contribution in [2.75, 3.05) is 6.54 Å². The molecule has 1 N–H and O–H groups in total. The second-order valence-electron chi connectivity index (χ2n) is 2.51. The first-order chi connectivity index (χ1) is 6.48. The van der Waals surface area contributed by atoms with Crippen LogP contribution in [0, 0.1) is 0 Å². The molecule has 0 atom stereocenters. The highest BCUT2D eigenvalue weighted by Gasteiger charge is 2.74. The van der Waals surface area contributed by atoms with Crippen molar-refractivity contribution in [1.29, 1.82) is 0 Å². The molecule has 0 radical (unpaired) electrons. The molecular formula is C6H6F6INO. The third-order valence-electron chi connectivity index (χ3n) is 1.37. The molecule has 0 aromatic rings. The largest absolute Gasteiger partial charge is 0.393 e. The smallest absolute Gasteiger partial charge is 0.351 e. The Bertz CT molecular complexity index is 250. The minimum Gasteiger partial charge on any atom is -0.351 e. The number of carbonyl (C=O) groups is 1. The summed E-state index contributed by atoms with van der Waals surface area (Å²) in [5.74, 6) is -13.6. The summed E-state index contributed by atoms with van der Waals surface area (Å²) >= 11 is -0.137. The molecule has 9 heteroatoms. The third-order valence-corrected chi connectivity index (χ3v) is 2.05. The summed E-state index contributed by atoms with van der Waals surface area (Å²) < 4.78 is 69.6. The first-order valence-electron chi connectivity index (χ1n) is 3.59. The summed E-state index contributed by atoms with van der Waals surface area (Å²) in [6.45, 7) is 0.825. The highest BCUT2D eigenvalue weighted by atomic mass is 127.